The summed E-state index contributed by atoms with van der Waals surface area (Å²) in [6.45, 7) is 0.260. The van der Waals surface area contributed by atoms with Crippen molar-refractivity contribution in [3.05, 3.63) is 137 Å². The Kier molecular flexibility index (Phi) is 7.87. The average molecular weight is 558 g/mol. The highest BCUT2D eigenvalue weighted by atomic mass is 35.5. The van der Waals surface area contributed by atoms with Gasteiger partial charge >= 0.3 is 5.97 Å². The van der Waals surface area contributed by atoms with Gasteiger partial charge in [0.1, 0.15) is 0 Å². The molecule has 0 saturated carbocycles. The number of sulfone groups is 1. The highest BCUT2D eigenvalue weighted by Gasteiger charge is 2.23. The van der Waals surface area contributed by atoms with Crippen molar-refractivity contribution >= 4 is 38.3 Å². The summed E-state index contributed by atoms with van der Waals surface area (Å²) in [4.78, 5) is 11.1. The van der Waals surface area contributed by atoms with Crippen LogP contribution in [0.2, 0.25) is 5.02 Å². The van der Waals surface area contributed by atoms with Gasteiger partial charge in [0.25, 0.3) is 0 Å². The molecule has 0 amide bonds. The van der Waals surface area contributed by atoms with E-state index < -0.39 is 15.8 Å². The fraction of sp³-hybridized carbons (Fsp3) is 0.156. The van der Waals surface area contributed by atoms with Gasteiger partial charge in [-0.1, -0.05) is 90.5 Å². The van der Waals surface area contributed by atoms with Crippen molar-refractivity contribution in [2.24, 2.45) is 0 Å². The minimum Gasteiger partial charge on any atom is -0.481 e. The van der Waals surface area contributed by atoms with Gasteiger partial charge < -0.3 is 9.67 Å². The van der Waals surface area contributed by atoms with Crippen molar-refractivity contribution in [3.8, 4) is 0 Å². The highest BCUT2D eigenvalue weighted by Crippen LogP contribution is 2.38. The number of rotatable bonds is 10. The third-order valence-electron chi connectivity index (χ3n) is 6.96. The molecule has 7 heteroatoms. The molecule has 4 aromatic carbocycles. The number of aliphatic carboxylic acids is 1. The van der Waals surface area contributed by atoms with E-state index in [0.717, 1.165) is 33.2 Å². The lowest BCUT2D eigenvalue weighted by Gasteiger charge is -2.18. The Hall–Kier alpha value is -3.87. The Morgan fingerprint density at radius 2 is 1.46 bits per heavy atom. The fourth-order valence-corrected chi connectivity index (χ4v) is 6.39. The highest BCUT2D eigenvalue weighted by molar-refractivity contribution is 7.91. The van der Waals surface area contributed by atoms with Crippen molar-refractivity contribution in [1.29, 1.82) is 0 Å². The van der Waals surface area contributed by atoms with Gasteiger partial charge in [-0.15, -0.1) is 0 Å². The van der Waals surface area contributed by atoms with Crippen molar-refractivity contribution in [2.75, 3.05) is 5.75 Å². The van der Waals surface area contributed by atoms with Crippen LogP contribution in [-0.2, 0) is 27.6 Å². The molecule has 1 aromatic heterocycles. The monoisotopic (exact) mass is 557 g/mol. The van der Waals surface area contributed by atoms with E-state index in [-0.39, 0.29) is 29.5 Å². The Bertz CT molecular complexity index is 1660. The summed E-state index contributed by atoms with van der Waals surface area (Å²) < 4.78 is 28.5. The molecule has 0 unspecified atom stereocenters. The van der Waals surface area contributed by atoms with E-state index in [1.165, 1.54) is 0 Å². The lowest BCUT2D eigenvalue weighted by Crippen LogP contribution is -2.13. The summed E-state index contributed by atoms with van der Waals surface area (Å²) in [6, 6.07) is 32.8. The summed E-state index contributed by atoms with van der Waals surface area (Å²) in [5.41, 5.74) is 5.05. The Balaban J connectivity index is 1.49. The Labute approximate surface area is 233 Å². The number of carboxylic acids is 1. The van der Waals surface area contributed by atoms with E-state index in [1.54, 1.807) is 24.3 Å². The molecular weight excluding hydrogens is 530 g/mol. The maximum absolute atomic E-state index is 13.2. The van der Waals surface area contributed by atoms with Crippen LogP contribution in [0.1, 0.15) is 34.6 Å². The van der Waals surface area contributed by atoms with Crippen molar-refractivity contribution < 1.29 is 18.3 Å². The van der Waals surface area contributed by atoms with Gasteiger partial charge in [-0.3, -0.25) is 4.79 Å². The molecule has 0 bridgehead atoms. The number of aromatic nitrogens is 1. The zero-order valence-electron chi connectivity index (χ0n) is 21.2. The minimum absolute atomic E-state index is 0.00461. The third-order valence-corrected chi connectivity index (χ3v) is 8.91. The first-order valence-corrected chi connectivity index (χ1v) is 14.8. The standard InChI is InChI=1S/C32H28ClNO4S/c33-26-14-17-28-29(32(24-7-3-1-4-8-24)25-9-5-2-6-10-25)22-34(30(28)21-26)19-20-39(37,38)27-15-11-23(12-16-27)13-18-31(35)36/h1-12,14-17,21-22,32H,13,18-20H2,(H,35,36). The number of nitrogens with zero attached hydrogens (tertiary/aromatic N) is 1. The molecule has 0 atom stereocenters. The molecule has 0 spiro atoms. The van der Waals surface area contributed by atoms with E-state index in [1.807, 2.05) is 59.2 Å². The van der Waals surface area contributed by atoms with E-state index in [2.05, 4.69) is 30.5 Å². The van der Waals surface area contributed by atoms with Crippen LogP contribution in [0.15, 0.2) is 114 Å². The Morgan fingerprint density at radius 1 is 0.846 bits per heavy atom. The topological polar surface area (TPSA) is 76.4 Å². The quantitative estimate of drug-likeness (QED) is 0.201. The van der Waals surface area contributed by atoms with Crippen LogP contribution in [0.25, 0.3) is 10.9 Å². The lowest BCUT2D eigenvalue weighted by molar-refractivity contribution is -0.136. The van der Waals surface area contributed by atoms with E-state index in [4.69, 9.17) is 16.7 Å². The minimum atomic E-state index is -3.57. The molecule has 39 heavy (non-hydrogen) atoms. The maximum atomic E-state index is 13.2. The second kappa shape index (κ2) is 11.5. The van der Waals surface area contributed by atoms with Gasteiger partial charge in [0.15, 0.2) is 9.84 Å². The average Bonchev–Trinajstić information content (AvgIpc) is 3.29. The number of carbonyl (C=O) groups is 1. The van der Waals surface area contributed by atoms with Crippen molar-refractivity contribution in [3.63, 3.8) is 0 Å². The Morgan fingerprint density at radius 3 is 2.05 bits per heavy atom. The smallest absolute Gasteiger partial charge is 0.303 e. The van der Waals surface area contributed by atoms with Crippen molar-refractivity contribution in [1.82, 2.24) is 4.57 Å². The van der Waals surface area contributed by atoms with E-state index in [0.29, 0.717) is 11.4 Å². The first kappa shape index (κ1) is 26.7. The molecule has 1 heterocycles. The molecule has 5 rings (SSSR count). The number of halogens is 1. The molecule has 0 aliphatic carbocycles. The van der Waals surface area contributed by atoms with E-state index in [9.17, 15) is 13.2 Å². The summed E-state index contributed by atoms with van der Waals surface area (Å²) in [7, 11) is -3.57. The molecule has 0 aliphatic rings. The number of aryl methyl sites for hydroxylation is 2. The normalized spacial score (nSPS) is 11.7. The van der Waals surface area contributed by atoms with Crippen LogP contribution in [0.3, 0.4) is 0 Å². The van der Waals surface area contributed by atoms with Gasteiger partial charge in [0.05, 0.1) is 10.6 Å². The summed E-state index contributed by atoms with van der Waals surface area (Å²) in [5.74, 6) is -1.00. The summed E-state index contributed by atoms with van der Waals surface area (Å²) in [5, 5.41) is 10.5. The first-order valence-electron chi connectivity index (χ1n) is 12.7. The zero-order chi connectivity index (χ0) is 27.4. The van der Waals surface area contributed by atoms with Gasteiger partial charge in [-0.25, -0.2) is 8.42 Å². The molecule has 0 fully saturated rings. The third kappa shape index (κ3) is 6.08. The second-order valence-electron chi connectivity index (χ2n) is 9.55. The van der Waals surface area contributed by atoms with Crippen LogP contribution in [0.4, 0.5) is 0 Å². The summed E-state index contributed by atoms with van der Waals surface area (Å²) >= 11 is 6.39. The predicted octanol–water partition coefficient (Wildman–Crippen LogP) is 6.97. The molecule has 0 aliphatic heterocycles. The van der Waals surface area contributed by atoms with Crippen molar-refractivity contribution in [2.45, 2.75) is 30.2 Å². The van der Waals surface area contributed by atoms with Gasteiger partial charge in [0.2, 0.25) is 0 Å². The largest absolute Gasteiger partial charge is 0.481 e. The number of hydrogen-bond acceptors (Lipinski definition) is 3. The maximum Gasteiger partial charge on any atom is 0.303 e. The first-order chi connectivity index (χ1) is 18.8. The fourth-order valence-electron chi connectivity index (χ4n) is 5.00. The van der Waals surface area contributed by atoms with Gasteiger partial charge in [0, 0.05) is 41.0 Å². The molecule has 0 saturated heterocycles. The van der Waals surface area contributed by atoms with Crippen LogP contribution in [0.5, 0.6) is 0 Å². The number of fused-ring (bicyclic) bond motifs is 1. The van der Waals surface area contributed by atoms with Crippen LogP contribution in [-0.4, -0.2) is 29.8 Å². The van der Waals surface area contributed by atoms with Gasteiger partial charge in [-0.05, 0) is 52.9 Å². The number of hydrogen-bond donors (Lipinski definition) is 1. The van der Waals surface area contributed by atoms with E-state index >= 15 is 0 Å². The summed E-state index contributed by atoms with van der Waals surface area (Å²) in [6.07, 6.45) is 2.42. The molecule has 0 radical (unpaired) electrons. The zero-order valence-corrected chi connectivity index (χ0v) is 22.8. The number of benzene rings is 4. The lowest BCUT2D eigenvalue weighted by atomic mass is 9.85. The molecule has 5 nitrogen and oxygen atoms in total. The number of carboxylic acid groups (broad SMARTS) is 1. The second-order valence-corrected chi connectivity index (χ2v) is 12.1. The molecular formula is C32H28ClNO4S. The molecule has 5 aromatic rings. The van der Waals surface area contributed by atoms with Gasteiger partial charge in [-0.2, -0.15) is 0 Å². The SMILES string of the molecule is O=C(O)CCc1ccc(S(=O)(=O)CCn2cc(C(c3ccccc3)c3ccccc3)c3ccc(Cl)cc32)cc1. The van der Waals surface area contributed by atoms with Crippen LogP contribution >= 0.6 is 11.6 Å². The molecule has 198 valence electrons. The molecule has 1 N–H and O–H groups in total. The van der Waals surface area contributed by atoms with Crippen LogP contribution < -0.4 is 0 Å². The van der Waals surface area contributed by atoms with Crippen LogP contribution in [0, 0.1) is 0 Å². The predicted molar refractivity (Wildman–Crippen MR) is 155 cm³/mol.